The average Bonchev–Trinajstić information content (AvgIpc) is 2.61. The van der Waals surface area contributed by atoms with Crippen LogP contribution in [0.4, 0.5) is 11.5 Å². The molecular weight excluding hydrogens is 318 g/mol. The Labute approximate surface area is 144 Å². The number of ether oxygens (including phenoxy) is 1. The zero-order valence-corrected chi connectivity index (χ0v) is 13.5. The monoisotopic (exact) mass is 335 g/mol. The van der Waals surface area contributed by atoms with Gasteiger partial charge in [0.1, 0.15) is 17.9 Å². The van der Waals surface area contributed by atoms with E-state index in [0.717, 1.165) is 5.56 Å². The fourth-order valence-corrected chi connectivity index (χ4v) is 2.12. The molecule has 3 rings (SSSR count). The van der Waals surface area contributed by atoms with Crippen LogP contribution in [-0.4, -0.2) is 20.9 Å². The van der Waals surface area contributed by atoms with Crippen molar-refractivity contribution in [3.63, 3.8) is 0 Å². The van der Waals surface area contributed by atoms with E-state index in [0.29, 0.717) is 17.0 Å². The van der Waals surface area contributed by atoms with E-state index in [1.54, 1.807) is 36.4 Å². The van der Waals surface area contributed by atoms with E-state index in [1.807, 2.05) is 19.1 Å². The zero-order chi connectivity index (χ0) is 17.8. The van der Waals surface area contributed by atoms with Gasteiger partial charge in [0.05, 0.1) is 0 Å². The number of aromatic nitrogens is 2. The fraction of sp³-hybridized carbons (Fsp3) is 0.0556. The van der Waals surface area contributed by atoms with E-state index in [4.69, 9.17) is 15.9 Å². The summed E-state index contributed by atoms with van der Waals surface area (Å²) in [4.78, 5) is 8.00. The van der Waals surface area contributed by atoms with E-state index < -0.39 is 0 Å². The van der Waals surface area contributed by atoms with Gasteiger partial charge in [-0.2, -0.15) is 4.98 Å². The predicted molar refractivity (Wildman–Crippen MR) is 95.7 cm³/mol. The number of hydrogen-bond acceptors (Lipinski definition) is 6. The van der Waals surface area contributed by atoms with Crippen LogP contribution < -0.4 is 15.8 Å². The van der Waals surface area contributed by atoms with Crippen molar-refractivity contribution in [2.24, 2.45) is 5.73 Å². The van der Waals surface area contributed by atoms with Crippen molar-refractivity contribution in [1.82, 2.24) is 9.97 Å². The molecule has 0 aliphatic heterocycles. The number of aromatic hydroxyl groups is 1. The van der Waals surface area contributed by atoms with Crippen LogP contribution in [0.15, 0.2) is 54.9 Å². The maximum atomic E-state index is 10.3. The molecule has 0 amide bonds. The summed E-state index contributed by atoms with van der Waals surface area (Å²) in [7, 11) is 0. The van der Waals surface area contributed by atoms with Crippen molar-refractivity contribution in [3.05, 3.63) is 66.0 Å². The quantitative estimate of drug-likeness (QED) is 0.420. The fourth-order valence-electron chi connectivity index (χ4n) is 2.12. The number of amidine groups is 1. The molecule has 0 saturated heterocycles. The molecule has 126 valence electrons. The first-order valence-corrected chi connectivity index (χ1v) is 7.53. The van der Waals surface area contributed by atoms with Crippen LogP contribution in [0.1, 0.15) is 11.1 Å². The van der Waals surface area contributed by atoms with Gasteiger partial charge in [-0.1, -0.05) is 17.7 Å². The minimum Gasteiger partial charge on any atom is -0.501 e. The van der Waals surface area contributed by atoms with Gasteiger partial charge in [-0.3, -0.25) is 5.41 Å². The molecule has 1 aromatic heterocycles. The molecule has 0 radical (unpaired) electrons. The number of aryl methyl sites for hydroxylation is 1. The molecule has 0 aliphatic carbocycles. The van der Waals surface area contributed by atoms with Gasteiger partial charge in [0.15, 0.2) is 5.82 Å². The van der Waals surface area contributed by atoms with Crippen molar-refractivity contribution in [3.8, 4) is 17.4 Å². The molecule has 5 N–H and O–H groups in total. The molecule has 7 heteroatoms. The Hall–Kier alpha value is -3.61. The number of rotatable bonds is 5. The molecule has 0 spiro atoms. The number of nitrogens with zero attached hydrogens (tertiary/aromatic N) is 2. The van der Waals surface area contributed by atoms with Crippen LogP contribution in [0, 0.1) is 12.3 Å². The first kappa shape index (κ1) is 16.3. The van der Waals surface area contributed by atoms with Crippen LogP contribution in [0.5, 0.6) is 17.4 Å². The molecule has 1 heterocycles. The standard InChI is InChI=1S/C18H17N5O2/c1-11-2-8-14(9-3-11)25-18-15(24)17(21-10-22-18)23-13-6-4-12(5-7-13)16(19)20/h2-10,24H,1H3,(H3,19,20)(H,21,22,23). The molecule has 0 aliphatic rings. The molecule has 25 heavy (non-hydrogen) atoms. The van der Waals surface area contributed by atoms with Crippen molar-refractivity contribution in [1.29, 1.82) is 5.41 Å². The van der Waals surface area contributed by atoms with Crippen molar-refractivity contribution < 1.29 is 9.84 Å². The van der Waals surface area contributed by atoms with Gasteiger partial charge in [-0.25, -0.2) is 4.98 Å². The summed E-state index contributed by atoms with van der Waals surface area (Å²) in [5, 5.41) is 20.7. The van der Waals surface area contributed by atoms with Gasteiger partial charge in [0.2, 0.25) is 5.75 Å². The van der Waals surface area contributed by atoms with Gasteiger partial charge in [0.25, 0.3) is 5.88 Å². The summed E-state index contributed by atoms with van der Waals surface area (Å²) in [6.45, 7) is 1.98. The lowest BCUT2D eigenvalue weighted by Gasteiger charge is -2.11. The summed E-state index contributed by atoms with van der Waals surface area (Å²) >= 11 is 0. The van der Waals surface area contributed by atoms with Gasteiger partial charge in [0, 0.05) is 11.3 Å². The van der Waals surface area contributed by atoms with E-state index in [-0.39, 0.29) is 23.3 Å². The highest BCUT2D eigenvalue weighted by Gasteiger charge is 2.13. The molecule has 0 saturated carbocycles. The number of nitrogens with one attached hydrogen (secondary N) is 2. The predicted octanol–water partition coefficient (Wildman–Crippen LogP) is 3.31. The van der Waals surface area contributed by atoms with Crippen molar-refractivity contribution in [2.75, 3.05) is 5.32 Å². The SMILES string of the molecule is Cc1ccc(Oc2ncnc(Nc3ccc(C(=N)N)cc3)c2O)cc1. The lowest BCUT2D eigenvalue weighted by molar-refractivity contribution is 0.397. The molecule has 0 fully saturated rings. The molecular formula is C18H17N5O2. The second-order valence-corrected chi connectivity index (χ2v) is 5.41. The molecule has 7 nitrogen and oxygen atoms in total. The number of nitrogen functional groups attached to an aromatic ring is 1. The maximum Gasteiger partial charge on any atom is 0.267 e. The molecule has 2 aromatic carbocycles. The van der Waals surface area contributed by atoms with Gasteiger partial charge in [-0.05, 0) is 43.3 Å². The minimum absolute atomic E-state index is 0.00906. The second-order valence-electron chi connectivity index (χ2n) is 5.41. The van der Waals surface area contributed by atoms with Crippen LogP contribution in [0.2, 0.25) is 0 Å². The lowest BCUT2D eigenvalue weighted by Crippen LogP contribution is -2.10. The first-order chi connectivity index (χ1) is 12.0. The van der Waals surface area contributed by atoms with E-state index in [9.17, 15) is 5.11 Å². The zero-order valence-electron chi connectivity index (χ0n) is 13.5. The number of anilines is 2. The van der Waals surface area contributed by atoms with Crippen LogP contribution in [0.25, 0.3) is 0 Å². The summed E-state index contributed by atoms with van der Waals surface area (Å²) in [6.07, 6.45) is 1.30. The van der Waals surface area contributed by atoms with Gasteiger partial charge in [-0.15, -0.1) is 0 Å². The Bertz CT molecular complexity index is 892. The number of benzene rings is 2. The smallest absolute Gasteiger partial charge is 0.267 e. The Morgan fingerprint density at radius 2 is 1.76 bits per heavy atom. The van der Waals surface area contributed by atoms with Crippen molar-refractivity contribution >= 4 is 17.3 Å². The third kappa shape index (κ3) is 3.84. The van der Waals surface area contributed by atoms with E-state index in [1.165, 1.54) is 6.33 Å². The van der Waals surface area contributed by atoms with Gasteiger partial charge >= 0.3 is 0 Å². The number of hydrogen-bond donors (Lipinski definition) is 4. The first-order valence-electron chi connectivity index (χ1n) is 7.53. The highest BCUT2D eigenvalue weighted by atomic mass is 16.5. The molecule has 0 unspecified atom stereocenters. The highest BCUT2D eigenvalue weighted by molar-refractivity contribution is 5.95. The molecule has 0 atom stereocenters. The van der Waals surface area contributed by atoms with E-state index >= 15 is 0 Å². The Kier molecular flexibility index (Phi) is 4.47. The number of nitrogens with two attached hydrogens (primary N) is 1. The minimum atomic E-state index is -0.196. The van der Waals surface area contributed by atoms with Crippen LogP contribution >= 0.6 is 0 Å². The Morgan fingerprint density at radius 1 is 1.08 bits per heavy atom. The topological polar surface area (TPSA) is 117 Å². The summed E-state index contributed by atoms with van der Waals surface area (Å²) in [5.74, 6) is 0.634. The molecule has 3 aromatic rings. The third-order valence-corrected chi connectivity index (χ3v) is 3.48. The Balaban J connectivity index is 1.80. The summed E-state index contributed by atoms with van der Waals surface area (Å²) < 4.78 is 5.61. The lowest BCUT2D eigenvalue weighted by atomic mass is 10.2. The summed E-state index contributed by atoms with van der Waals surface area (Å²) in [6, 6.07) is 14.3. The third-order valence-electron chi connectivity index (χ3n) is 3.48. The van der Waals surface area contributed by atoms with E-state index in [2.05, 4.69) is 15.3 Å². The van der Waals surface area contributed by atoms with Gasteiger partial charge < -0.3 is 20.9 Å². The molecule has 0 bridgehead atoms. The Morgan fingerprint density at radius 3 is 2.40 bits per heavy atom. The van der Waals surface area contributed by atoms with Crippen molar-refractivity contribution in [2.45, 2.75) is 6.92 Å². The normalized spacial score (nSPS) is 10.3. The van der Waals surface area contributed by atoms with Crippen LogP contribution in [0.3, 0.4) is 0 Å². The van der Waals surface area contributed by atoms with Crippen LogP contribution in [-0.2, 0) is 0 Å². The largest absolute Gasteiger partial charge is 0.501 e. The second kappa shape index (κ2) is 6.88. The summed E-state index contributed by atoms with van der Waals surface area (Å²) in [5.41, 5.74) is 7.83. The average molecular weight is 335 g/mol. The maximum absolute atomic E-state index is 10.3. The highest BCUT2D eigenvalue weighted by Crippen LogP contribution is 2.34.